The van der Waals surface area contributed by atoms with Crippen molar-refractivity contribution in [2.24, 2.45) is 0 Å². The standard InChI is InChI=1S/C26H27ClN2O5S2/c1-3-34-26(31)24-21-9-4-5-10-22(21)35-25(24)28-23(30)16-29(19-8-6-7-18(27)15-19)36(32,33)20-13-11-17(2)12-14-20/h6-8,11-15H,3-5,9-10,16H2,1-2H3,(H,28,30). The summed E-state index contributed by atoms with van der Waals surface area (Å²) in [5, 5.41) is 3.53. The summed E-state index contributed by atoms with van der Waals surface area (Å²) < 4.78 is 33.5. The number of rotatable bonds is 8. The van der Waals surface area contributed by atoms with E-state index in [2.05, 4.69) is 5.32 Å². The molecule has 0 radical (unpaired) electrons. The lowest BCUT2D eigenvalue weighted by atomic mass is 9.95. The number of amides is 1. The van der Waals surface area contributed by atoms with E-state index in [1.807, 2.05) is 6.92 Å². The van der Waals surface area contributed by atoms with Gasteiger partial charge in [-0.15, -0.1) is 11.3 Å². The second-order valence-corrected chi connectivity index (χ2v) is 11.9. The summed E-state index contributed by atoms with van der Waals surface area (Å²) in [7, 11) is -4.09. The topological polar surface area (TPSA) is 92.8 Å². The molecule has 1 heterocycles. The zero-order chi connectivity index (χ0) is 25.9. The number of halogens is 1. The van der Waals surface area contributed by atoms with Crippen molar-refractivity contribution in [2.75, 3.05) is 22.8 Å². The van der Waals surface area contributed by atoms with Gasteiger partial charge in [0.1, 0.15) is 11.5 Å². The number of esters is 1. The Morgan fingerprint density at radius 1 is 1.11 bits per heavy atom. The van der Waals surface area contributed by atoms with Gasteiger partial charge in [0.25, 0.3) is 10.0 Å². The van der Waals surface area contributed by atoms with Gasteiger partial charge in [0.15, 0.2) is 0 Å². The molecule has 1 aliphatic rings. The van der Waals surface area contributed by atoms with Gasteiger partial charge in [-0.1, -0.05) is 35.4 Å². The van der Waals surface area contributed by atoms with E-state index in [4.69, 9.17) is 16.3 Å². The molecule has 0 saturated carbocycles. The minimum Gasteiger partial charge on any atom is -0.462 e. The van der Waals surface area contributed by atoms with Gasteiger partial charge >= 0.3 is 5.97 Å². The molecule has 1 N–H and O–H groups in total. The first-order valence-electron chi connectivity index (χ1n) is 11.7. The maximum atomic E-state index is 13.6. The Kier molecular flexibility index (Phi) is 8.02. The number of aryl methyl sites for hydroxylation is 2. The zero-order valence-electron chi connectivity index (χ0n) is 20.0. The van der Waals surface area contributed by atoms with Gasteiger partial charge in [-0.2, -0.15) is 0 Å². The Hall–Kier alpha value is -2.88. The number of hydrogen-bond acceptors (Lipinski definition) is 6. The van der Waals surface area contributed by atoms with E-state index < -0.39 is 28.4 Å². The molecule has 0 bridgehead atoms. The zero-order valence-corrected chi connectivity index (χ0v) is 22.4. The first-order valence-corrected chi connectivity index (χ1v) is 14.3. The molecule has 4 rings (SSSR count). The normalized spacial score (nSPS) is 13.1. The molecule has 0 unspecified atom stereocenters. The number of fused-ring (bicyclic) bond motifs is 1. The van der Waals surface area contributed by atoms with E-state index in [9.17, 15) is 18.0 Å². The van der Waals surface area contributed by atoms with Gasteiger partial charge < -0.3 is 10.1 Å². The summed E-state index contributed by atoms with van der Waals surface area (Å²) in [5.41, 5.74) is 2.46. The molecule has 3 aromatic rings. The maximum Gasteiger partial charge on any atom is 0.341 e. The summed E-state index contributed by atoms with van der Waals surface area (Å²) in [6.45, 7) is 3.31. The Balaban J connectivity index is 1.67. The van der Waals surface area contributed by atoms with Gasteiger partial charge in [0, 0.05) is 9.90 Å². The fraction of sp³-hybridized carbons (Fsp3) is 0.308. The molecule has 0 spiro atoms. The van der Waals surface area contributed by atoms with Crippen LogP contribution in [0.1, 0.15) is 46.1 Å². The minimum atomic E-state index is -4.09. The molecule has 0 fully saturated rings. The number of nitrogens with zero attached hydrogens (tertiary/aromatic N) is 1. The molecule has 1 aromatic heterocycles. The van der Waals surface area contributed by atoms with Crippen LogP contribution in [0.25, 0.3) is 0 Å². The molecule has 0 atom stereocenters. The number of carbonyl (C=O) groups excluding carboxylic acids is 2. The molecule has 1 aliphatic carbocycles. The number of ether oxygens (including phenoxy) is 1. The molecule has 10 heteroatoms. The molecule has 0 aliphatic heterocycles. The van der Waals surface area contributed by atoms with Gasteiger partial charge in [0.2, 0.25) is 5.91 Å². The van der Waals surface area contributed by atoms with Crippen molar-refractivity contribution >= 4 is 55.5 Å². The van der Waals surface area contributed by atoms with Crippen molar-refractivity contribution in [1.82, 2.24) is 0 Å². The smallest absolute Gasteiger partial charge is 0.341 e. The molecule has 1 amide bonds. The second-order valence-electron chi connectivity index (χ2n) is 8.49. The van der Waals surface area contributed by atoms with Crippen LogP contribution in [0.5, 0.6) is 0 Å². The molecule has 190 valence electrons. The van der Waals surface area contributed by atoms with Gasteiger partial charge in [0.05, 0.1) is 22.8 Å². The molecular formula is C26H27ClN2O5S2. The van der Waals surface area contributed by atoms with Crippen molar-refractivity contribution < 1.29 is 22.7 Å². The van der Waals surface area contributed by atoms with Crippen molar-refractivity contribution in [3.8, 4) is 0 Å². The third-order valence-corrected chi connectivity index (χ3v) is 9.13. The lowest BCUT2D eigenvalue weighted by Gasteiger charge is -2.24. The first-order chi connectivity index (χ1) is 17.2. The van der Waals surface area contributed by atoms with Crippen LogP contribution in [-0.2, 0) is 32.4 Å². The van der Waals surface area contributed by atoms with Gasteiger partial charge in [-0.3, -0.25) is 9.10 Å². The predicted octanol–water partition coefficient (Wildman–Crippen LogP) is 5.60. The van der Waals surface area contributed by atoms with Crippen molar-refractivity contribution in [3.05, 3.63) is 75.1 Å². The fourth-order valence-corrected chi connectivity index (χ4v) is 7.04. The number of thiophene rings is 1. The second kappa shape index (κ2) is 11.0. The summed E-state index contributed by atoms with van der Waals surface area (Å²) >= 11 is 7.50. The highest BCUT2D eigenvalue weighted by atomic mass is 35.5. The van der Waals surface area contributed by atoms with E-state index in [-0.39, 0.29) is 17.2 Å². The first kappa shape index (κ1) is 26.2. The molecule has 0 saturated heterocycles. The number of anilines is 2. The van der Waals surface area contributed by atoms with Crippen LogP contribution >= 0.6 is 22.9 Å². The average molecular weight is 547 g/mol. The lowest BCUT2D eigenvalue weighted by Crippen LogP contribution is -2.38. The number of nitrogens with one attached hydrogen (secondary N) is 1. The van der Waals surface area contributed by atoms with Crippen LogP contribution in [0.15, 0.2) is 53.4 Å². The summed E-state index contributed by atoms with van der Waals surface area (Å²) in [4.78, 5) is 27.1. The largest absolute Gasteiger partial charge is 0.462 e. The lowest BCUT2D eigenvalue weighted by molar-refractivity contribution is -0.114. The van der Waals surface area contributed by atoms with Crippen molar-refractivity contribution in [1.29, 1.82) is 0 Å². The quantitative estimate of drug-likeness (QED) is 0.371. The van der Waals surface area contributed by atoms with E-state index in [1.54, 1.807) is 37.3 Å². The maximum absolute atomic E-state index is 13.6. The fourth-order valence-electron chi connectivity index (χ4n) is 4.15. The predicted molar refractivity (Wildman–Crippen MR) is 143 cm³/mol. The van der Waals surface area contributed by atoms with Crippen molar-refractivity contribution in [2.45, 2.75) is 44.4 Å². The number of carbonyl (C=O) groups is 2. The van der Waals surface area contributed by atoms with E-state index in [1.165, 1.54) is 29.5 Å². The summed E-state index contributed by atoms with van der Waals surface area (Å²) in [6.07, 6.45) is 3.55. The Bertz CT molecular complexity index is 1380. The van der Waals surface area contributed by atoms with Crippen LogP contribution in [0.2, 0.25) is 5.02 Å². The van der Waals surface area contributed by atoms with Crippen LogP contribution in [0, 0.1) is 6.92 Å². The van der Waals surface area contributed by atoms with E-state index >= 15 is 0 Å². The average Bonchev–Trinajstić information content (AvgIpc) is 3.20. The Labute approximate surface area is 220 Å². The third kappa shape index (κ3) is 5.58. The molecule has 2 aromatic carbocycles. The number of sulfonamides is 1. The van der Waals surface area contributed by atoms with Crippen LogP contribution < -0.4 is 9.62 Å². The Morgan fingerprint density at radius 3 is 2.53 bits per heavy atom. The number of hydrogen-bond donors (Lipinski definition) is 1. The Morgan fingerprint density at radius 2 is 1.83 bits per heavy atom. The van der Waals surface area contributed by atoms with Crippen LogP contribution in [-0.4, -0.2) is 33.4 Å². The third-order valence-electron chi connectivity index (χ3n) is 5.90. The minimum absolute atomic E-state index is 0.0553. The summed E-state index contributed by atoms with van der Waals surface area (Å²) in [6, 6.07) is 12.7. The van der Waals surface area contributed by atoms with Crippen LogP contribution in [0.3, 0.4) is 0 Å². The van der Waals surface area contributed by atoms with Crippen LogP contribution in [0.4, 0.5) is 10.7 Å². The molecular weight excluding hydrogens is 520 g/mol. The van der Waals surface area contributed by atoms with Gasteiger partial charge in [-0.05, 0) is 75.4 Å². The van der Waals surface area contributed by atoms with Gasteiger partial charge in [-0.25, -0.2) is 13.2 Å². The monoisotopic (exact) mass is 546 g/mol. The van der Waals surface area contributed by atoms with E-state index in [0.717, 1.165) is 46.0 Å². The highest BCUT2D eigenvalue weighted by molar-refractivity contribution is 7.92. The van der Waals surface area contributed by atoms with Crippen molar-refractivity contribution in [3.63, 3.8) is 0 Å². The summed E-state index contributed by atoms with van der Waals surface area (Å²) in [5.74, 6) is -1.05. The van der Waals surface area contributed by atoms with E-state index in [0.29, 0.717) is 15.6 Å². The molecule has 36 heavy (non-hydrogen) atoms. The number of benzene rings is 2. The molecule has 7 nitrogen and oxygen atoms in total. The highest BCUT2D eigenvalue weighted by Crippen LogP contribution is 2.38. The SMILES string of the molecule is CCOC(=O)c1c(NC(=O)CN(c2cccc(Cl)c2)S(=O)(=O)c2ccc(C)cc2)sc2c1CCCC2. The highest BCUT2D eigenvalue weighted by Gasteiger charge is 2.30.